The molecule has 5 rings (SSSR count). The first-order valence-electron chi connectivity index (χ1n) is 10.3. The summed E-state index contributed by atoms with van der Waals surface area (Å²) in [6.45, 7) is 2.05. The van der Waals surface area contributed by atoms with E-state index in [0.29, 0.717) is 6.61 Å². The summed E-state index contributed by atoms with van der Waals surface area (Å²) < 4.78 is 1.93. The van der Waals surface area contributed by atoms with Crippen molar-refractivity contribution in [3.05, 3.63) is 113 Å². The number of imidazole rings is 1. The van der Waals surface area contributed by atoms with E-state index in [-0.39, 0.29) is 0 Å². The Morgan fingerprint density at radius 2 is 1.68 bits per heavy atom. The molecule has 0 bridgehead atoms. The summed E-state index contributed by atoms with van der Waals surface area (Å²) >= 11 is 0. The summed E-state index contributed by atoms with van der Waals surface area (Å²) in [6.07, 6.45) is 3.55. The number of fused-ring (bicyclic) bond motifs is 1. The second-order valence-electron chi connectivity index (χ2n) is 7.58. The van der Waals surface area contributed by atoms with Crippen molar-refractivity contribution in [2.45, 2.75) is 19.7 Å². The number of hydrogen-bond acceptors (Lipinski definition) is 5. The van der Waals surface area contributed by atoms with E-state index in [9.17, 15) is 0 Å². The SMILES string of the molecule is Cn1cncc1C(=NOCc1cccc(N2Cc3ccccc3C2)n1)c1ccccc1. The van der Waals surface area contributed by atoms with Gasteiger partial charge in [-0.25, -0.2) is 9.97 Å². The Morgan fingerprint density at radius 1 is 0.935 bits per heavy atom. The minimum absolute atomic E-state index is 0.294. The lowest BCUT2D eigenvalue weighted by Crippen LogP contribution is -2.16. The maximum absolute atomic E-state index is 5.76. The van der Waals surface area contributed by atoms with Gasteiger partial charge in [-0.15, -0.1) is 0 Å². The molecular weight excluding hydrogens is 386 g/mol. The number of hydrogen-bond donors (Lipinski definition) is 0. The largest absolute Gasteiger partial charge is 0.389 e. The summed E-state index contributed by atoms with van der Waals surface area (Å²) in [5.74, 6) is 0.955. The molecule has 0 amide bonds. The number of aryl methyl sites for hydroxylation is 1. The number of pyridine rings is 1. The molecule has 2 aromatic heterocycles. The summed E-state index contributed by atoms with van der Waals surface area (Å²) in [4.78, 5) is 17.1. The third-order valence-corrected chi connectivity index (χ3v) is 5.43. The molecule has 154 valence electrons. The van der Waals surface area contributed by atoms with E-state index < -0.39 is 0 Å². The van der Waals surface area contributed by atoms with Crippen LogP contribution in [-0.2, 0) is 31.6 Å². The molecule has 0 radical (unpaired) electrons. The van der Waals surface area contributed by atoms with Crippen LogP contribution in [0.2, 0.25) is 0 Å². The molecule has 0 saturated heterocycles. The van der Waals surface area contributed by atoms with E-state index in [0.717, 1.165) is 41.6 Å². The predicted octanol–water partition coefficient (Wildman–Crippen LogP) is 4.30. The normalized spacial score (nSPS) is 13.3. The summed E-state index contributed by atoms with van der Waals surface area (Å²) in [5.41, 5.74) is 6.17. The zero-order valence-corrected chi connectivity index (χ0v) is 17.3. The van der Waals surface area contributed by atoms with Crippen molar-refractivity contribution in [2.24, 2.45) is 12.2 Å². The van der Waals surface area contributed by atoms with Crippen molar-refractivity contribution in [3.8, 4) is 0 Å². The Hall–Kier alpha value is -3.93. The molecule has 4 aromatic rings. The Kier molecular flexibility index (Phi) is 5.19. The number of oxime groups is 1. The molecule has 0 unspecified atom stereocenters. The van der Waals surface area contributed by atoms with Crippen LogP contribution in [0.4, 0.5) is 5.82 Å². The Labute approximate surface area is 181 Å². The first-order valence-corrected chi connectivity index (χ1v) is 10.3. The molecule has 0 N–H and O–H groups in total. The van der Waals surface area contributed by atoms with Gasteiger partial charge in [0, 0.05) is 25.7 Å². The van der Waals surface area contributed by atoms with Crippen LogP contribution in [0.25, 0.3) is 0 Å². The topological polar surface area (TPSA) is 55.5 Å². The molecule has 0 atom stereocenters. The van der Waals surface area contributed by atoms with Crippen LogP contribution in [0, 0.1) is 0 Å². The molecule has 6 nitrogen and oxygen atoms in total. The van der Waals surface area contributed by atoms with Crippen LogP contribution in [0.15, 0.2) is 90.5 Å². The summed E-state index contributed by atoms with van der Waals surface area (Å²) in [5, 5.41) is 4.45. The van der Waals surface area contributed by atoms with Crippen LogP contribution in [-0.4, -0.2) is 20.2 Å². The van der Waals surface area contributed by atoms with Crippen molar-refractivity contribution in [1.29, 1.82) is 0 Å². The third kappa shape index (κ3) is 4.05. The van der Waals surface area contributed by atoms with Gasteiger partial charge in [-0.1, -0.05) is 65.8 Å². The standard InChI is InChI=1S/C25H23N5O/c1-29-18-26-14-23(29)25(19-8-3-2-4-9-19)28-31-17-22-12-7-13-24(27-22)30-15-20-10-5-6-11-21(20)16-30/h2-14,18H,15-17H2,1H3. The van der Waals surface area contributed by atoms with Crippen LogP contribution >= 0.6 is 0 Å². The first kappa shape index (κ1) is 19.1. The van der Waals surface area contributed by atoms with Gasteiger partial charge in [0.05, 0.1) is 23.9 Å². The molecule has 6 heteroatoms. The van der Waals surface area contributed by atoms with Crippen LogP contribution < -0.4 is 4.90 Å². The van der Waals surface area contributed by atoms with Crippen molar-refractivity contribution in [2.75, 3.05) is 4.90 Å². The van der Waals surface area contributed by atoms with Crippen LogP contribution in [0.5, 0.6) is 0 Å². The monoisotopic (exact) mass is 409 g/mol. The van der Waals surface area contributed by atoms with E-state index in [2.05, 4.69) is 39.3 Å². The molecule has 0 spiro atoms. The zero-order valence-electron chi connectivity index (χ0n) is 17.3. The number of nitrogens with zero attached hydrogens (tertiary/aromatic N) is 5. The van der Waals surface area contributed by atoms with Gasteiger partial charge in [-0.05, 0) is 23.3 Å². The number of aromatic nitrogens is 3. The Balaban J connectivity index is 1.33. The highest BCUT2D eigenvalue weighted by atomic mass is 16.6. The maximum Gasteiger partial charge on any atom is 0.159 e. The van der Waals surface area contributed by atoms with Gasteiger partial charge in [-0.3, -0.25) is 0 Å². The number of benzene rings is 2. The quantitative estimate of drug-likeness (QED) is 0.352. The maximum atomic E-state index is 5.76. The molecule has 0 aliphatic carbocycles. The van der Waals surface area contributed by atoms with E-state index in [1.807, 2.05) is 60.1 Å². The van der Waals surface area contributed by atoms with Gasteiger partial charge in [0.2, 0.25) is 0 Å². The second kappa shape index (κ2) is 8.44. The van der Waals surface area contributed by atoms with Crippen molar-refractivity contribution in [3.63, 3.8) is 0 Å². The molecule has 31 heavy (non-hydrogen) atoms. The van der Waals surface area contributed by atoms with Crippen molar-refractivity contribution in [1.82, 2.24) is 14.5 Å². The fourth-order valence-electron chi connectivity index (χ4n) is 3.81. The minimum atomic E-state index is 0.294. The fourth-order valence-corrected chi connectivity index (χ4v) is 3.81. The van der Waals surface area contributed by atoms with Gasteiger partial charge >= 0.3 is 0 Å². The highest BCUT2D eigenvalue weighted by Crippen LogP contribution is 2.26. The predicted molar refractivity (Wildman–Crippen MR) is 121 cm³/mol. The summed E-state index contributed by atoms with van der Waals surface area (Å²) in [7, 11) is 1.94. The van der Waals surface area contributed by atoms with Gasteiger partial charge in [-0.2, -0.15) is 0 Å². The lowest BCUT2D eigenvalue weighted by Gasteiger charge is -2.17. The van der Waals surface area contributed by atoms with E-state index in [4.69, 9.17) is 9.82 Å². The smallest absolute Gasteiger partial charge is 0.159 e. The van der Waals surface area contributed by atoms with E-state index >= 15 is 0 Å². The van der Waals surface area contributed by atoms with Crippen LogP contribution in [0.3, 0.4) is 0 Å². The minimum Gasteiger partial charge on any atom is -0.389 e. The summed E-state index contributed by atoms with van der Waals surface area (Å²) in [6, 6.07) is 24.6. The highest BCUT2D eigenvalue weighted by Gasteiger charge is 2.19. The lowest BCUT2D eigenvalue weighted by atomic mass is 10.1. The average molecular weight is 409 g/mol. The molecule has 3 heterocycles. The van der Waals surface area contributed by atoms with Crippen molar-refractivity contribution >= 4 is 11.5 Å². The van der Waals surface area contributed by atoms with Gasteiger partial charge in [0.1, 0.15) is 11.5 Å². The molecular formula is C25H23N5O. The first-order chi connectivity index (χ1) is 15.3. The molecule has 2 aromatic carbocycles. The van der Waals surface area contributed by atoms with Gasteiger partial charge in [0.25, 0.3) is 0 Å². The van der Waals surface area contributed by atoms with Crippen molar-refractivity contribution < 1.29 is 4.84 Å². The third-order valence-electron chi connectivity index (χ3n) is 5.43. The van der Waals surface area contributed by atoms with Crippen LogP contribution in [0.1, 0.15) is 28.1 Å². The molecule has 0 fully saturated rings. The number of rotatable bonds is 6. The van der Waals surface area contributed by atoms with E-state index in [1.54, 1.807) is 12.5 Å². The van der Waals surface area contributed by atoms with E-state index in [1.165, 1.54) is 11.1 Å². The Bertz CT molecular complexity index is 1190. The fraction of sp³-hybridized carbons (Fsp3) is 0.160. The second-order valence-corrected chi connectivity index (χ2v) is 7.58. The zero-order chi connectivity index (χ0) is 21.0. The number of anilines is 1. The Morgan fingerprint density at radius 3 is 2.39 bits per heavy atom. The molecule has 1 aliphatic heterocycles. The molecule has 0 saturated carbocycles. The highest BCUT2D eigenvalue weighted by molar-refractivity contribution is 6.11. The average Bonchev–Trinajstić information content (AvgIpc) is 3.44. The molecule has 1 aliphatic rings. The van der Waals surface area contributed by atoms with Gasteiger partial charge < -0.3 is 14.3 Å². The lowest BCUT2D eigenvalue weighted by molar-refractivity contribution is 0.128. The van der Waals surface area contributed by atoms with Gasteiger partial charge in [0.15, 0.2) is 6.61 Å².